The number of rotatable bonds is 50. The molecule has 4 N–H and O–H groups in total. The highest BCUT2D eigenvalue weighted by atomic mass is 31.2. The highest BCUT2D eigenvalue weighted by Crippen LogP contribution is 2.43. The number of aliphatic carboxylic acids is 1. The molecule has 0 heterocycles. The predicted octanol–water partition coefficient (Wildman–Crippen LogP) is 14.6. The summed E-state index contributed by atoms with van der Waals surface area (Å²) in [6.45, 7) is 2.87. The van der Waals surface area contributed by atoms with Gasteiger partial charge in [0, 0.05) is 12.8 Å². The molecule has 0 bridgehead atoms. The van der Waals surface area contributed by atoms with Crippen molar-refractivity contribution in [3.05, 3.63) is 0 Å². The highest BCUT2D eigenvalue weighted by Gasteiger charge is 2.28. The first kappa shape index (κ1) is 60.5. The van der Waals surface area contributed by atoms with Crippen LogP contribution in [0.2, 0.25) is 0 Å². The second-order valence-corrected chi connectivity index (χ2v) is 19.5. The fourth-order valence-electron chi connectivity index (χ4n) is 7.77. The maximum atomic E-state index is 12.7. The van der Waals surface area contributed by atoms with E-state index in [1.807, 2.05) is 0 Å². The quantitative estimate of drug-likeness (QED) is 0.0301. The standard InChI is InChI=1S/C50H98NO10P/c1-3-5-7-9-11-13-15-17-19-21-22-23-24-25-26-28-29-31-33-35-37-39-41-48(52)58-43-46(44-59-62(56,57)60-45-47(51)50(54)55)61-49(53)42-40-38-36-34-32-30-27-20-18-16-14-12-10-8-6-4-2/h46-47H,3-45,51H2,1-2H3,(H,54,55)(H,56,57)/t46-,47+/m0/s1. The van der Waals surface area contributed by atoms with Crippen LogP contribution in [0.3, 0.4) is 0 Å². The van der Waals surface area contributed by atoms with Gasteiger partial charge in [-0.1, -0.05) is 245 Å². The van der Waals surface area contributed by atoms with Crippen molar-refractivity contribution in [3.8, 4) is 0 Å². The van der Waals surface area contributed by atoms with Gasteiger partial charge in [0.05, 0.1) is 13.2 Å². The lowest BCUT2D eigenvalue weighted by Gasteiger charge is -2.20. The van der Waals surface area contributed by atoms with Crippen molar-refractivity contribution in [1.29, 1.82) is 0 Å². The van der Waals surface area contributed by atoms with E-state index in [0.29, 0.717) is 12.8 Å². The Morgan fingerprint density at radius 3 is 1.02 bits per heavy atom. The Morgan fingerprint density at radius 2 is 0.710 bits per heavy atom. The molecule has 12 heteroatoms. The van der Waals surface area contributed by atoms with Crippen LogP contribution in [0.5, 0.6) is 0 Å². The zero-order valence-corrected chi connectivity index (χ0v) is 41.1. The average Bonchev–Trinajstić information content (AvgIpc) is 3.25. The Balaban J connectivity index is 4.15. The fourth-order valence-corrected chi connectivity index (χ4v) is 8.55. The molecule has 11 nitrogen and oxygen atoms in total. The number of unbranched alkanes of at least 4 members (excludes halogenated alkanes) is 36. The van der Waals surface area contributed by atoms with Crippen molar-refractivity contribution >= 4 is 25.7 Å². The molecule has 0 saturated carbocycles. The van der Waals surface area contributed by atoms with E-state index in [0.717, 1.165) is 38.5 Å². The molecule has 0 fully saturated rings. The maximum absolute atomic E-state index is 12.7. The van der Waals surface area contributed by atoms with Gasteiger partial charge in [0.2, 0.25) is 0 Å². The first-order valence-corrected chi connectivity index (χ1v) is 27.6. The number of esters is 2. The number of carboxylic acid groups (broad SMARTS) is 1. The van der Waals surface area contributed by atoms with Crippen LogP contribution in [0.15, 0.2) is 0 Å². The molecule has 0 aromatic rings. The van der Waals surface area contributed by atoms with Gasteiger partial charge in [0.25, 0.3) is 0 Å². The lowest BCUT2D eigenvalue weighted by atomic mass is 10.0. The zero-order chi connectivity index (χ0) is 45.6. The highest BCUT2D eigenvalue weighted by molar-refractivity contribution is 7.47. The molecule has 0 aromatic heterocycles. The van der Waals surface area contributed by atoms with Crippen LogP contribution in [-0.4, -0.2) is 59.9 Å². The van der Waals surface area contributed by atoms with Gasteiger partial charge in [-0.15, -0.1) is 0 Å². The van der Waals surface area contributed by atoms with E-state index in [1.54, 1.807) is 0 Å². The van der Waals surface area contributed by atoms with Crippen LogP contribution in [0, 0.1) is 0 Å². The molecule has 0 rings (SSSR count). The minimum Gasteiger partial charge on any atom is -0.480 e. The molecule has 0 spiro atoms. The number of phosphoric acid groups is 1. The first-order valence-electron chi connectivity index (χ1n) is 26.1. The molecular formula is C50H98NO10P. The van der Waals surface area contributed by atoms with Crippen molar-refractivity contribution in [2.24, 2.45) is 5.73 Å². The molecule has 0 saturated heterocycles. The number of carbonyl (C=O) groups is 3. The van der Waals surface area contributed by atoms with Gasteiger partial charge in [0.15, 0.2) is 6.10 Å². The Kier molecular flexibility index (Phi) is 44.9. The van der Waals surface area contributed by atoms with Gasteiger partial charge in [-0.2, -0.15) is 0 Å². The molecule has 1 unspecified atom stereocenters. The summed E-state index contributed by atoms with van der Waals surface area (Å²) in [5.74, 6) is -2.35. The number of carbonyl (C=O) groups excluding carboxylic acids is 2. The normalized spacial score (nSPS) is 13.5. The smallest absolute Gasteiger partial charge is 0.472 e. The number of ether oxygens (including phenoxy) is 2. The topological polar surface area (TPSA) is 172 Å². The Labute approximate surface area is 380 Å². The fraction of sp³-hybridized carbons (Fsp3) is 0.940. The number of hydrogen-bond donors (Lipinski definition) is 3. The third-order valence-corrected chi connectivity index (χ3v) is 12.8. The van der Waals surface area contributed by atoms with Crippen LogP contribution in [0.4, 0.5) is 0 Å². The van der Waals surface area contributed by atoms with Crippen molar-refractivity contribution in [1.82, 2.24) is 0 Å². The van der Waals surface area contributed by atoms with Crippen LogP contribution >= 0.6 is 7.82 Å². The lowest BCUT2D eigenvalue weighted by Crippen LogP contribution is -2.34. The van der Waals surface area contributed by atoms with Gasteiger partial charge in [-0.05, 0) is 12.8 Å². The van der Waals surface area contributed by atoms with Gasteiger partial charge < -0.3 is 25.2 Å². The van der Waals surface area contributed by atoms with Crippen LogP contribution in [0.25, 0.3) is 0 Å². The van der Waals surface area contributed by atoms with Crippen LogP contribution < -0.4 is 5.73 Å². The minimum atomic E-state index is -4.71. The summed E-state index contributed by atoms with van der Waals surface area (Å²) < 4.78 is 32.9. The summed E-state index contributed by atoms with van der Waals surface area (Å²) in [5, 5.41) is 8.92. The summed E-state index contributed by atoms with van der Waals surface area (Å²) in [6, 6.07) is -1.52. The van der Waals surface area contributed by atoms with E-state index in [1.165, 1.54) is 193 Å². The summed E-state index contributed by atoms with van der Waals surface area (Å²) in [5.41, 5.74) is 5.35. The molecule has 368 valence electrons. The largest absolute Gasteiger partial charge is 0.480 e. The number of carboxylic acids is 1. The third-order valence-electron chi connectivity index (χ3n) is 11.9. The Bertz CT molecular complexity index is 1060. The second kappa shape index (κ2) is 46.0. The average molecular weight is 904 g/mol. The molecule has 3 atom stereocenters. The van der Waals surface area contributed by atoms with E-state index in [9.17, 15) is 23.8 Å². The summed E-state index contributed by atoms with van der Waals surface area (Å²) in [7, 11) is -4.71. The third kappa shape index (κ3) is 45.1. The molecule has 0 radical (unpaired) electrons. The zero-order valence-electron chi connectivity index (χ0n) is 40.2. The first-order chi connectivity index (χ1) is 30.1. The number of hydrogen-bond acceptors (Lipinski definition) is 9. The summed E-state index contributed by atoms with van der Waals surface area (Å²) in [6.07, 6.45) is 47.4. The SMILES string of the molecule is CCCCCCCCCCCCCCCCCCCCCCCCC(=O)OC[C@@H](COP(=O)(O)OC[C@@H](N)C(=O)O)OC(=O)CCCCCCCCCCCCCCCCCC. The van der Waals surface area contributed by atoms with E-state index < -0.39 is 51.1 Å². The van der Waals surface area contributed by atoms with Crippen molar-refractivity contribution in [2.75, 3.05) is 19.8 Å². The molecule has 0 aliphatic carbocycles. The molecule has 62 heavy (non-hydrogen) atoms. The van der Waals surface area contributed by atoms with Crippen molar-refractivity contribution in [2.45, 2.75) is 283 Å². The van der Waals surface area contributed by atoms with E-state index in [4.69, 9.17) is 24.8 Å². The molecule has 0 aliphatic rings. The van der Waals surface area contributed by atoms with Gasteiger partial charge in [0.1, 0.15) is 12.6 Å². The maximum Gasteiger partial charge on any atom is 0.472 e. The van der Waals surface area contributed by atoms with Crippen molar-refractivity contribution in [3.63, 3.8) is 0 Å². The van der Waals surface area contributed by atoms with Gasteiger partial charge in [-0.3, -0.25) is 23.4 Å². The van der Waals surface area contributed by atoms with Crippen LogP contribution in [0.1, 0.15) is 271 Å². The molecular weight excluding hydrogens is 806 g/mol. The minimum absolute atomic E-state index is 0.170. The second-order valence-electron chi connectivity index (χ2n) is 18.0. The van der Waals surface area contributed by atoms with E-state index >= 15 is 0 Å². The van der Waals surface area contributed by atoms with E-state index in [-0.39, 0.29) is 19.4 Å². The van der Waals surface area contributed by atoms with Crippen molar-refractivity contribution < 1.29 is 47.5 Å². The Morgan fingerprint density at radius 1 is 0.435 bits per heavy atom. The summed E-state index contributed by atoms with van der Waals surface area (Å²) in [4.78, 5) is 46.2. The van der Waals surface area contributed by atoms with E-state index in [2.05, 4.69) is 18.4 Å². The Hall–Kier alpha value is -1.52. The van der Waals surface area contributed by atoms with Crippen LogP contribution in [-0.2, 0) is 37.5 Å². The molecule has 0 amide bonds. The predicted molar refractivity (Wildman–Crippen MR) is 254 cm³/mol. The monoisotopic (exact) mass is 904 g/mol. The van der Waals surface area contributed by atoms with Gasteiger partial charge in [-0.25, -0.2) is 4.57 Å². The number of nitrogens with two attached hydrogens (primary N) is 1. The molecule has 0 aliphatic heterocycles. The number of phosphoric ester groups is 1. The molecule has 0 aromatic carbocycles. The van der Waals surface area contributed by atoms with Gasteiger partial charge >= 0.3 is 25.7 Å². The lowest BCUT2D eigenvalue weighted by molar-refractivity contribution is -0.161. The summed E-state index contributed by atoms with van der Waals surface area (Å²) >= 11 is 0.